The highest BCUT2D eigenvalue weighted by molar-refractivity contribution is 7.85. The van der Waals surface area contributed by atoms with Gasteiger partial charge in [-0.15, -0.1) is 6.58 Å². The van der Waals surface area contributed by atoms with Crippen molar-refractivity contribution in [2.75, 3.05) is 0 Å². The molecule has 3 nitrogen and oxygen atoms in total. The SMILES string of the molecule is C=CC[C@H](CC(C)(C)C)S(=O)c1nc2ccccc2n1C. The fourth-order valence-electron chi connectivity index (χ4n) is 2.57. The van der Waals surface area contributed by atoms with E-state index in [1.807, 2.05) is 42.0 Å². The topological polar surface area (TPSA) is 34.9 Å². The Morgan fingerprint density at radius 1 is 1.38 bits per heavy atom. The van der Waals surface area contributed by atoms with Crippen molar-refractivity contribution in [1.29, 1.82) is 0 Å². The molecule has 1 unspecified atom stereocenters. The Kier molecular flexibility index (Phi) is 4.67. The summed E-state index contributed by atoms with van der Waals surface area (Å²) in [5.74, 6) is 0. The molecule has 0 amide bonds. The Hall–Kier alpha value is -1.42. The molecule has 114 valence electrons. The average Bonchev–Trinajstić information content (AvgIpc) is 2.74. The van der Waals surface area contributed by atoms with Gasteiger partial charge in [0.25, 0.3) is 0 Å². The monoisotopic (exact) mass is 304 g/mol. The molecule has 4 heteroatoms. The minimum atomic E-state index is -1.13. The van der Waals surface area contributed by atoms with Crippen LogP contribution in [0.25, 0.3) is 11.0 Å². The van der Waals surface area contributed by atoms with Gasteiger partial charge in [0.05, 0.1) is 21.8 Å². The van der Waals surface area contributed by atoms with Gasteiger partial charge in [0.1, 0.15) is 0 Å². The van der Waals surface area contributed by atoms with Crippen LogP contribution in [0.4, 0.5) is 0 Å². The van der Waals surface area contributed by atoms with Gasteiger partial charge in [-0.3, -0.25) is 4.21 Å². The zero-order valence-electron chi connectivity index (χ0n) is 13.3. The molecule has 0 radical (unpaired) electrons. The van der Waals surface area contributed by atoms with Gasteiger partial charge in [-0.2, -0.15) is 0 Å². The fraction of sp³-hybridized carbons (Fsp3) is 0.471. The molecule has 0 bridgehead atoms. The smallest absolute Gasteiger partial charge is 0.200 e. The number of imidazole rings is 1. The van der Waals surface area contributed by atoms with E-state index in [0.717, 1.165) is 23.9 Å². The van der Waals surface area contributed by atoms with Gasteiger partial charge in [0.2, 0.25) is 0 Å². The van der Waals surface area contributed by atoms with Crippen LogP contribution in [0.3, 0.4) is 0 Å². The number of aryl methyl sites for hydroxylation is 1. The first kappa shape index (κ1) is 16.0. The summed E-state index contributed by atoms with van der Waals surface area (Å²) in [4.78, 5) is 4.57. The summed E-state index contributed by atoms with van der Waals surface area (Å²) in [5, 5.41) is 0.713. The van der Waals surface area contributed by atoms with Crippen LogP contribution in [0, 0.1) is 5.41 Å². The van der Waals surface area contributed by atoms with Crippen LogP contribution < -0.4 is 0 Å². The first-order valence-electron chi connectivity index (χ1n) is 7.26. The standard InChI is InChI=1S/C17H24N2OS/c1-6-9-13(12-17(2,3)4)21(20)16-18-14-10-7-8-11-15(14)19(16)5/h6-8,10-11,13H,1,9,12H2,2-5H3/t13-,21?/m1/s1. The molecule has 0 spiro atoms. The van der Waals surface area contributed by atoms with Gasteiger partial charge in [0.15, 0.2) is 5.16 Å². The number of hydrogen-bond acceptors (Lipinski definition) is 2. The molecule has 0 aliphatic carbocycles. The summed E-state index contributed by atoms with van der Waals surface area (Å²) in [5.41, 5.74) is 2.05. The van der Waals surface area contributed by atoms with E-state index in [4.69, 9.17) is 0 Å². The van der Waals surface area contributed by atoms with Gasteiger partial charge in [-0.25, -0.2) is 4.98 Å². The van der Waals surface area contributed by atoms with Crippen molar-refractivity contribution in [2.24, 2.45) is 12.5 Å². The molecule has 1 heterocycles. The predicted octanol–water partition coefficient (Wildman–Crippen LogP) is 4.06. The van der Waals surface area contributed by atoms with Crippen molar-refractivity contribution >= 4 is 21.8 Å². The van der Waals surface area contributed by atoms with Crippen molar-refractivity contribution in [2.45, 2.75) is 44.0 Å². The Morgan fingerprint density at radius 2 is 2.05 bits per heavy atom. The first-order valence-corrected chi connectivity index (χ1v) is 8.48. The van der Waals surface area contributed by atoms with E-state index in [0.29, 0.717) is 5.16 Å². The molecule has 2 atom stereocenters. The fourth-order valence-corrected chi connectivity index (χ4v) is 4.38. The van der Waals surface area contributed by atoms with Crippen LogP contribution in [0.5, 0.6) is 0 Å². The van der Waals surface area contributed by atoms with Crippen LogP contribution in [0.15, 0.2) is 42.1 Å². The predicted molar refractivity (Wildman–Crippen MR) is 89.8 cm³/mol. The Morgan fingerprint density at radius 3 is 2.62 bits per heavy atom. The number of allylic oxidation sites excluding steroid dienone is 1. The van der Waals surface area contributed by atoms with E-state index in [9.17, 15) is 4.21 Å². The Bertz CT molecular complexity index is 667. The molecule has 21 heavy (non-hydrogen) atoms. The number of hydrogen-bond donors (Lipinski definition) is 0. The number of para-hydroxylation sites is 2. The summed E-state index contributed by atoms with van der Waals surface area (Å²) in [6.07, 6.45) is 3.49. The third-order valence-electron chi connectivity index (χ3n) is 3.50. The maximum atomic E-state index is 13.0. The summed E-state index contributed by atoms with van der Waals surface area (Å²) in [6, 6.07) is 7.91. The van der Waals surface area contributed by atoms with Crippen molar-refractivity contribution in [3.05, 3.63) is 36.9 Å². The number of aromatic nitrogens is 2. The number of benzene rings is 1. The summed E-state index contributed by atoms with van der Waals surface area (Å²) in [6.45, 7) is 10.3. The van der Waals surface area contributed by atoms with Gasteiger partial charge < -0.3 is 4.57 Å². The molecule has 1 aromatic carbocycles. The van der Waals surface area contributed by atoms with E-state index in [1.54, 1.807) is 0 Å². The molecule has 0 aliphatic rings. The number of fused-ring (bicyclic) bond motifs is 1. The van der Waals surface area contributed by atoms with Crippen molar-refractivity contribution in [3.63, 3.8) is 0 Å². The zero-order valence-corrected chi connectivity index (χ0v) is 14.1. The molecular weight excluding hydrogens is 280 g/mol. The van der Waals surface area contributed by atoms with E-state index in [-0.39, 0.29) is 10.7 Å². The molecule has 2 aromatic rings. The van der Waals surface area contributed by atoms with E-state index < -0.39 is 10.8 Å². The second kappa shape index (κ2) is 6.14. The second-order valence-electron chi connectivity index (χ2n) is 6.65. The molecule has 0 saturated heterocycles. The maximum absolute atomic E-state index is 13.0. The second-order valence-corrected chi connectivity index (χ2v) is 8.28. The van der Waals surface area contributed by atoms with E-state index in [1.165, 1.54) is 0 Å². The number of nitrogens with zero attached hydrogens (tertiary/aromatic N) is 2. The van der Waals surface area contributed by atoms with Gasteiger partial charge >= 0.3 is 0 Å². The lowest BCUT2D eigenvalue weighted by molar-refractivity contribution is 0.369. The third-order valence-corrected chi connectivity index (χ3v) is 5.19. The lowest BCUT2D eigenvalue weighted by Crippen LogP contribution is -2.23. The quantitative estimate of drug-likeness (QED) is 0.781. The molecular formula is C17H24N2OS. The van der Waals surface area contributed by atoms with E-state index in [2.05, 4.69) is 32.3 Å². The van der Waals surface area contributed by atoms with Gasteiger partial charge in [-0.1, -0.05) is 39.0 Å². The highest BCUT2D eigenvalue weighted by Gasteiger charge is 2.26. The first-order chi connectivity index (χ1) is 9.83. The normalized spacial score (nSPS) is 15.0. The minimum Gasteiger partial charge on any atom is -0.320 e. The van der Waals surface area contributed by atoms with Crippen LogP contribution in [0.2, 0.25) is 0 Å². The van der Waals surface area contributed by atoms with E-state index >= 15 is 0 Å². The molecule has 0 saturated carbocycles. The van der Waals surface area contributed by atoms with Crippen molar-refractivity contribution < 1.29 is 4.21 Å². The van der Waals surface area contributed by atoms with Crippen molar-refractivity contribution in [3.8, 4) is 0 Å². The Labute approximate surface area is 129 Å². The largest absolute Gasteiger partial charge is 0.320 e. The molecule has 1 aromatic heterocycles. The van der Waals surface area contributed by atoms with Gasteiger partial charge in [0, 0.05) is 12.3 Å². The molecule has 0 fully saturated rings. The van der Waals surface area contributed by atoms with Crippen LogP contribution in [-0.4, -0.2) is 19.0 Å². The summed E-state index contributed by atoms with van der Waals surface area (Å²) >= 11 is 0. The molecule has 0 aliphatic heterocycles. The van der Waals surface area contributed by atoms with Crippen molar-refractivity contribution in [1.82, 2.24) is 9.55 Å². The maximum Gasteiger partial charge on any atom is 0.200 e. The van der Waals surface area contributed by atoms with Gasteiger partial charge in [-0.05, 0) is 30.4 Å². The Balaban J connectivity index is 2.38. The highest BCUT2D eigenvalue weighted by atomic mass is 32.2. The van der Waals surface area contributed by atoms with Crippen LogP contribution >= 0.6 is 0 Å². The molecule has 2 rings (SSSR count). The van der Waals surface area contributed by atoms with Crippen LogP contribution in [-0.2, 0) is 17.8 Å². The lowest BCUT2D eigenvalue weighted by atomic mass is 9.89. The zero-order chi connectivity index (χ0) is 15.6. The molecule has 0 N–H and O–H groups in total. The summed E-state index contributed by atoms with van der Waals surface area (Å²) < 4.78 is 14.9. The highest BCUT2D eigenvalue weighted by Crippen LogP contribution is 2.28. The average molecular weight is 304 g/mol. The summed E-state index contributed by atoms with van der Waals surface area (Å²) in [7, 11) is 0.804. The minimum absolute atomic E-state index is 0.0537. The third kappa shape index (κ3) is 3.62. The number of rotatable bonds is 5. The van der Waals surface area contributed by atoms with Crippen LogP contribution in [0.1, 0.15) is 33.6 Å². The lowest BCUT2D eigenvalue weighted by Gasteiger charge is -2.24.